The van der Waals surface area contributed by atoms with Crippen LogP contribution in [0, 0.1) is 6.92 Å². The van der Waals surface area contributed by atoms with Gasteiger partial charge >= 0.3 is 0 Å². The molecule has 21 heavy (non-hydrogen) atoms. The van der Waals surface area contributed by atoms with Gasteiger partial charge in [0.05, 0.1) is 6.04 Å². The van der Waals surface area contributed by atoms with Crippen LogP contribution in [0.2, 0.25) is 0 Å². The third kappa shape index (κ3) is 3.04. The van der Waals surface area contributed by atoms with Crippen molar-refractivity contribution in [3.63, 3.8) is 0 Å². The third-order valence-corrected chi connectivity index (χ3v) is 4.40. The summed E-state index contributed by atoms with van der Waals surface area (Å²) in [6.45, 7) is 6.12. The second kappa shape index (κ2) is 6.04. The van der Waals surface area contributed by atoms with Crippen LogP contribution in [-0.4, -0.2) is 24.0 Å². The molecule has 2 atom stereocenters. The Balaban J connectivity index is 1.82. The number of nitrogens with two attached hydrogens (primary N) is 1. The van der Waals surface area contributed by atoms with Crippen molar-refractivity contribution >= 4 is 0 Å². The Hall–Kier alpha value is -1.58. The molecule has 2 aromatic rings. The van der Waals surface area contributed by atoms with E-state index in [0.29, 0.717) is 0 Å². The summed E-state index contributed by atoms with van der Waals surface area (Å²) in [6, 6.07) is 13.1. The van der Waals surface area contributed by atoms with Crippen molar-refractivity contribution in [3.8, 4) is 0 Å². The minimum atomic E-state index is 0.0526. The Morgan fingerprint density at radius 3 is 2.14 bits per heavy atom. The highest BCUT2D eigenvalue weighted by atomic mass is 16.3. The summed E-state index contributed by atoms with van der Waals surface area (Å²) < 4.78 is 5.86. The SMILES string of the molecule is Cc1ccc(C(C(C)N)N2CCc3ccccc3CC2)o1. The maximum Gasteiger partial charge on any atom is 0.122 e. The van der Waals surface area contributed by atoms with Gasteiger partial charge in [0, 0.05) is 19.1 Å². The van der Waals surface area contributed by atoms with Crippen LogP contribution in [0.25, 0.3) is 0 Å². The van der Waals surface area contributed by atoms with E-state index in [9.17, 15) is 0 Å². The minimum Gasteiger partial charge on any atom is -0.465 e. The minimum absolute atomic E-state index is 0.0526. The zero-order valence-corrected chi connectivity index (χ0v) is 12.9. The van der Waals surface area contributed by atoms with Gasteiger partial charge in [-0.3, -0.25) is 4.90 Å². The van der Waals surface area contributed by atoms with Gasteiger partial charge in [-0.05, 0) is 49.9 Å². The fraction of sp³-hybridized carbons (Fsp3) is 0.444. The second-order valence-electron chi connectivity index (χ2n) is 6.06. The van der Waals surface area contributed by atoms with E-state index in [-0.39, 0.29) is 12.1 Å². The highest BCUT2D eigenvalue weighted by Crippen LogP contribution is 2.28. The van der Waals surface area contributed by atoms with E-state index in [2.05, 4.69) is 42.2 Å². The first-order chi connectivity index (χ1) is 10.1. The van der Waals surface area contributed by atoms with E-state index in [1.807, 2.05) is 13.0 Å². The average Bonchev–Trinajstić information content (AvgIpc) is 2.76. The number of hydrogen-bond acceptors (Lipinski definition) is 3. The van der Waals surface area contributed by atoms with Gasteiger partial charge in [0.2, 0.25) is 0 Å². The van der Waals surface area contributed by atoms with Crippen LogP contribution in [-0.2, 0) is 12.8 Å². The topological polar surface area (TPSA) is 42.4 Å². The third-order valence-electron chi connectivity index (χ3n) is 4.40. The van der Waals surface area contributed by atoms with Crippen molar-refractivity contribution in [2.45, 2.75) is 38.8 Å². The van der Waals surface area contributed by atoms with Crippen molar-refractivity contribution in [3.05, 3.63) is 59.0 Å². The Morgan fingerprint density at radius 1 is 1.05 bits per heavy atom. The highest BCUT2D eigenvalue weighted by Gasteiger charge is 2.28. The Labute approximate surface area is 126 Å². The molecule has 1 aliphatic heterocycles. The first-order valence-electron chi connectivity index (χ1n) is 7.78. The lowest BCUT2D eigenvalue weighted by Crippen LogP contribution is -2.40. The van der Waals surface area contributed by atoms with Gasteiger partial charge in [-0.25, -0.2) is 0 Å². The van der Waals surface area contributed by atoms with Gasteiger partial charge in [0.25, 0.3) is 0 Å². The number of benzene rings is 1. The first kappa shape index (κ1) is 14.4. The molecule has 1 aromatic carbocycles. The lowest BCUT2D eigenvalue weighted by atomic mass is 10.0. The molecule has 2 N–H and O–H groups in total. The molecule has 0 saturated heterocycles. The van der Waals surface area contributed by atoms with Gasteiger partial charge in [0.1, 0.15) is 11.5 Å². The Bertz CT molecular complexity index is 576. The number of nitrogens with zero attached hydrogens (tertiary/aromatic N) is 1. The molecule has 0 bridgehead atoms. The van der Waals surface area contributed by atoms with E-state index >= 15 is 0 Å². The van der Waals surface area contributed by atoms with Crippen LogP contribution in [0.4, 0.5) is 0 Å². The number of rotatable bonds is 3. The van der Waals surface area contributed by atoms with E-state index in [1.54, 1.807) is 0 Å². The number of fused-ring (bicyclic) bond motifs is 1. The van der Waals surface area contributed by atoms with Gasteiger partial charge in [-0.15, -0.1) is 0 Å². The molecule has 1 aliphatic rings. The van der Waals surface area contributed by atoms with Crippen LogP contribution >= 0.6 is 0 Å². The summed E-state index contributed by atoms with van der Waals surface area (Å²) >= 11 is 0. The van der Waals surface area contributed by atoms with Crippen molar-refractivity contribution in [2.75, 3.05) is 13.1 Å². The van der Waals surface area contributed by atoms with Crippen molar-refractivity contribution in [1.29, 1.82) is 0 Å². The maximum atomic E-state index is 6.26. The molecule has 1 aromatic heterocycles. The summed E-state index contributed by atoms with van der Waals surface area (Å²) in [5, 5.41) is 0. The highest BCUT2D eigenvalue weighted by molar-refractivity contribution is 5.29. The van der Waals surface area contributed by atoms with E-state index in [1.165, 1.54) is 11.1 Å². The van der Waals surface area contributed by atoms with Crippen molar-refractivity contribution in [2.24, 2.45) is 5.73 Å². The van der Waals surface area contributed by atoms with Crippen LogP contribution in [0.1, 0.15) is 35.6 Å². The molecule has 0 amide bonds. The molecule has 3 rings (SSSR count). The molecule has 0 spiro atoms. The fourth-order valence-electron chi connectivity index (χ4n) is 3.35. The van der Waals surface area contributed by atoms with Crippen LogP contribution in [0.15, 0.2) is 40.8 Å². The predicted molar refractivity (Wildman–Crippen MR) is 85.3 cm³/mol. The molecule has 112 valence electrons. The van der Waals surface area contributed by atoms with Gasteiger partial charge in [-0.1, -0.05) is 24.3 Å². The standard InChI is InChI=1S/C18H24N2O/c1-13-7-8-17(21-13)18(14(2)19)20-11-9-15-5-3-4-6-16(15)10-12-20/h3-8,14,18H,9-12,19H2,1-2H3. The second-order valence-corrected chi connectivity index (χ2v) is 6.06. The average molecular weight is 284 g/mol. The molecule has 0 radical (unpaired) electrons. The lowest BCUT2D eigenvalue weighted by Gasteiger charge is -2.31. The van der Waals surface area contributed by atoms with E-state index in [4.69, 9.17) is 10.2 Å². The largest absolute Gasteiger partial charge is 0.465 e. The van der Waals surface area contributed by atoms with Gasteiger partial charge < -0.3 is 10.2 Å². The monoisotopic (exact) mass is 284 g/mol. The molecule has 2 heterocycles. The quantitative estimate of drug-likeness (QED) is 0.942. The van der Waals surface area contributed by atoms with Crippen molar-refractivity contribution in [1.82, 2.24) is 4.90 Å². The predicted octanol–water partition coefficient (Wildman–Crippen LogP) is 3.08. The van der Waals surface area contributed by atoms with Crippen LogP contribution < -0.4 is 5.73 Å². The molecule has 0 fully saturated rings. The summed E-state index contributed by atoms with van der Waals surface area (Å²) in [5.41, 5.74) is 9.21. The molecule has 2 unspecified atom stereocenters. The normalized spacial score (nSPS) is 18.8. The smallest absolute Gasteiger partial charge is 0.122 e. The summed E-state index contributed by atoms with van der Waals surface area (Å²) in [4.78, 5) is 2.48. The van der Waals surface area contributed by atoms with E-state index in [0.717, 1.165) is 37.5 Å². The lowest BCUT2D eigenvalue weighted by molar-refractivity contribution is 0.160. The zero-order chi connectivity index (χ0) is 14.8. The van der Waals surface area contributed by atoms with Gasteiger partial charge in [0.15, 0.2) is 0 Å². The maximum absolute atomic E-state index is 6.26. The molecular weight excluding hydrogens is 260 g/mol. The molecule has 3 heteroatoms. The summed E-state index contributed by atoms with van der Waals surface area (Å²) in [6.07, 6.45) is 2.16. The molecular formula is C18H24N2O. The molecule has 0 aliphatic carbocycles. The van der Waals surface area contributed by atoms with Gasteiger partial charge in [-0.2, -0.15) is 0 Å². The van der Waals surface area contributed by atoms with Crippen LogP contribution in [0.5, 0.6) is 0 Å². The van der Waals surface area contributed by atoms with Crippen LogP contribution in [0.3, 0.4) is 0 Å². The van der Waals surface area contributed by atoms with E-state index < -0.39 is 0 Å². The summed E-state index contributed by atoms with van der Waals surface area (Å²) in [5.74, 6) is 1.95. The fourth-order valence-corrected chi connectivity index (χ4v) is 3.35. The number of furan rings is 1. The van der Waals surface area contributed by atoms with Crippen molar-refractivity contribution < 1.29 is 4.42 Å². The zero-order valence-electron chi connectivity index (χ0n) is 12.9. The Morgan fingerprint density at radius 2 is 1.67 bits per heavy atom. The molecule has 0 saturated carbocycles. The first-order valence-corrected chi connectivity index (χ1v) is 7.78. The number of hydrogen-bond donors (Lipinski definition) is 1. The number of aryl methyl sites for hydroxylation is 1. The Kier molecular flexibility index (Phi) is 4.13. The molecule has 3 nitrogen and oxygen atoms in total. The summed E-state index contributed by atoms with van der Waals surface area (Å²) in [7, 11) is 0.